The number of aryl methyl sites for hydroxylation is 1. The number of carbonyl (C=O) groups excluding carboxylic acids is 1. The first kappa shape index (κ1) is 25.9. The van der Waals surface area contributed by atoms with E-state index in [0.29, 0.717) is 30.3 Å². The first-order valence-electron chi connectivity index (χ1n) is 12.4. The predicted molar refractivity (Wildman–Crippen MR) is 141 cm³/mol. The van der Waals surface area contributed by atoms with Gasteiger partial charge in [-0.25, -0.2) is 8.42 Å². The number of piperidine rings is 1. The Kier molecular flexibility index (Phi) is 8.44. The van der Waals surface area contributed by atoms with Crippen molar-refractivity contribution in [3.8, 4) is 5.75 Å². The molecule has 6 nitrogen and oxygen atoms in total. The van der Waals surface area contributed by atoms with Gasteiger partial charge in [0.05, 0.1) is 12.0 Å². The Balaban J connectivity index is 1.48. The molecule has 1 saturated heterocycles. The number of carbonyl (C=O) groups is 1. The lowest BCUT2D eigenvalue weighted by Gasteiger charge is -2.34. The zero-order valence-electron chi connectivity index (χ0n) is 20.9. The summed E-state index contributed by atoms with van der Waals surface area (Å²) in [6.45, 7) is 3.06. The average Bonchev–Trinajstić information content (AvgIpc) is 2.89. The number of amides is 1. The Morgan fingerprint density at radius 1 is 0.972 bits per heavy atom. The maximum Gasteiger partial charge on any atom is 0.241 e. The van der Waals surface area contributed by atoms with E-state index in [2.05, 4.69) is 29.0 Å². The average molecular weight is 507 g/mol. The molecular weight excluding hydrogens is 472 g/mol. The van der Waals surface area contributed by atoms with Crippen LogP contribution in [0.15, 0.2) is 83.8 Å². The van der Waals surface area contributed by atoms with Gasteiger partial charge in [0.15, 0.2) is 0 Å². The molecule has 1 atom stereocenters. The van der Waals surface area contributed by atoms with Gasteiger partial charge in [0.25, 0.3) is 0 Å². The van der Waals surface area contributed by atoms with Gasteiger partial charge in [-0.2, -0.15) is 4.72 Å². The van der Waals surface area contributed by atoms with Crippen LogP contribution in [0.4, 0.5) is 0 Å². The molecule has 36 heavy (non-hydrogen) atoms. The molecular formula is C29H34N2O4S. The van der Waals surface area contributed by atoms with Crippen LogP contribution >= 0.6 is 0 Å². The second-order valence-corrected chi connectivity index (χ2v) is 11.2. The number of ether oxygens (including phenoxy) is 1. The summed E-state index contributed by atoms with van der Waals surface area (Å²) in [6.07, 6.45) is 3.10. The van der Waals surface area contributed by atoms with E-state index in [9.17, 15) is 13.2 Å². The highest BCUT2D eigenvalue weighted by Crippen LogP contribution is 2.24. The third-order valence-electron chi connectivity index (χ3n) is 6.85. The molecule has 190 valence electrons. The monoisotopic (exact) mass is 506 g/mol. The minimum Gasteiger partial charge on any atom is -0.496 e. The van der Waals surface area contributed by atoms with E-state index in [-0.39, 0.29) is 17.2 Å². The molecule has 3 aromatic carbocycles. The lowest BCUT2D eigenvalue weighted by atomic mass is 9.90. The zero-order valence-corrected chi connectivity index (χ0v) is 21.7. The van der Waals surface area contributed by atoms with Gasteiger partial charge in [-0.1, -0.05) is 60.7 Å². The molecule has 4 rings (SSSR count). The highest BCUT2D eigenvalue weighted by molar-refractivity contribution is 7.89. The van der Waals surface area contributed by atoms with Crippen molar-refractivity contribution < 1.29 is 17.9 Å². The summed E-state index contributed by atoms with van der Waals surface area (Å²) < 4.78 is 34.6. The number of hydrogen-bond acceptors (Lipinski definition) is 4. The van der Waals surface area contributed by atoms with E-state index >= 15 is 0 Å². The van der Waals surface area contributed by atoms with Gasteiger partial charge in [0, 0.05) is 13.1 Å². The maximum atomic E-state index is 13.6. The third kappa shape index (κ3) is 6.53. The fourth-order valence-electron chi connectivity index (χ4n) is 4.83. The van der Waals surface area contributed by atoms with Crippen LogP contribution < -0.4 is 9.46 Å². The number of benzene rings is 3. The molecule has 3 aromatic rings. The molecule has 1 aliphatic rings. The van der Waals surface area contributed by atoms with Gasteiger partial charge in [0.2, 0.25) is 15.9 Å². The molecule has 0 saturated carbocycles. The second kappa shape index (κ2) is 11.7. The van der Waals surface area contributed by atoms with Crippen LogP contribution in [0.3, 0.4) is 0 Å². The zero-order chi connectivity index (χ0) is 25.5. The van der Waals surface area contributed by atoms with Crippen LogP contribution in [-0.2, 0) is 27.7 Å². The van der Waals surface area contributed by atoms with Crippen LogP contribution in [0.25, 0.3) is 0 Å². The number of nitrogens with zero attached hydrogens (tertiary/aromatic N) is 1. The number of nitrogens with one attached hydrogen (secondary N) is 1. The Morgan fingerprint density at radius 2 is 1.58 bits per heavy atom. The van der Waals surface area contributed by atoms with E-state index in [4.69, 9.17) is 4.74 Å². The van der Waals surface area contributed by atoms with Crippen LogP contribution in [0, 0.1) is 12.8 Å². The van der Waals surface area contributed by atoms with Gasteiger partial charge in [0.1, 0.15) is 11.8 Å². The summed E-state index contributed by atoms with van der Waals surface area (Å²) >= 11 is 0. The number of likely N-dealkylation sites (tertiary alicyclic amines) is 1. The van der Waals surface area contributed by atoms with Gasteiger partial charge >= 0.3 is 0 Å². The van der Waals surface area contributed by atoms with Crippen LogP contribution in [-0.4, -0.2) is 45.5 Å². The molecule has 1 amide bonds. The van der Waals surface area contributed by atoms with E-state index in [1.54, 1.807) is 26.2 Å². The molecule has 0 bridgehead atoms. The molecule has 7 heteroatoms. The Bertz CT molecular complexity index is 1250. The lowest BCUT2D eigenvalue weighted by molar-refractivity contribution is -0.134. The SMILES string of the molecule is COc1ccc(S(=O)(=O)NC(Cc2ccccc2)C(=O)N2CCC(Cc3ccccc3)CC2)cc1C. The molecule has 1 N–H and O–H groups in total. The van der Waals surface area contributed by atoms with Crippen molar-refractivity contribution in [2.24, 2.45) is 5.92 Å². The van der Waals surface area contributed by atoms with Gasteiger partial charge in [-0.3, -0.25) is 4.79 Å². The molecule has 0 spiro atoms. The fourth-order valence-corrected chi connectivity index (χ4v) is 6.10. The predicted octanol–water partition coefficient (Wildman–Crippen LogP) is 4.37. The van der Waals surface area contributed by atoms with E-state index < -0.39 is 16.1 Å². The van der Waals surface area contributed by atoms with Crippen molar-refractivity contribution in [1.82, 2.24) is 9.62 Å². The van der Waals surface area contributed by atoms with Crippen molar-refractivity contribution in [3.05, 3.63) is 95.6 Å². The molecule has 1 aliphatic heterocycles. The van der Waals surface area contributed by atoms with Crippen LogP contribution in [0.5, 0.6) is 5.75 Å². The summed E-state index contributed by atoms with van der Waals surface area (Å²) in [5.74, 6) is 0.957. The summed E-state index contributed by atoms with van der Waals surface area (Å²) in [7, 11) is -2.37. The topological polar surface area (TPSA) is 75.7 Å². The van der Waals surface area contributed by atoms with Gasteiger partial charge < -0.3 is 9.64 Å². The molecule has 1 unspecified atom stereocenters. The molecule has 0 aliphatic carbocycles. The van der Waals surface area contributed by atoms with Crippen molar-refractivity contribution >= 4 is 15.9 Å². The largest absolute Gasteiger partial charge is 0.496 e. The van der Waals surface area contributed by atoms with Crippen molar-refractivity contribution in [3.63, 3.8) is 0 Å². The van der Waals surface area contributed by atoms with Crippen LogP contribution in [0.2, 0.25) is 0 Å². The van der Waals surface area contributed by atoms with Crippen molar-refractivity contribution in [1.29, 1.82) is 0 Å². The summed E-state index contributed by atoms with van der Waals surface area (Å²) in [5.41, 5.74) is 2.93. The maximum absolute atomic E-state index is 13.6. The first-order chi connectivity index (χ1) is 17.4. The van der Waals surface area contributed by atoms with Crippen molar-refractivity contribution in [2.75, 3.05) is 20.2 Å². The number of hydrogen-bond donors (Lipinski definition) is 1. The normalized spacial score (nSPS) is 15.4. The van der Waals surface area contributed by atoms with Crippen LogP contribution in [0.1, 0.15) is 29.5 Å². The molecule has 0 aromatic heterocycles. The van der Waals surface area contributed by atoms with Gasteiger partial charge in [-0.15, -0.1) is 0 Å². The van der Waals surface area contributed by atoms with Crippen molar-refractivity contribution in [2.45, 2.75) is 43.5 Å². The Hall–Kier alpha value is -3.16. The smallest absolute Gasteiger partial charge is 0.241 e. The van der Waals surface area contributed by atoms with E-state index in [1.807, 2.05) is 41.3 Å². The van der Waals surface area contributed by atoms with E-state index in [0.717, 1.165) is 24.8 Å². The van der Waals surface area contributed by atoms with Gasteiger partial charge in [-0.05, 0) is 73.4 Å². The lowest BCUT2D eigenvalue weighted by Crippen LogP contribution is -2.51. The molecule has 1 heterocycles. The third-order valence-corrected chi connectivity index (χ3v) is 8.32. The summed E-state index contributed by atoms with van der Waals surface area (Å²) in [6, 6.07) is 23.8. The highest BCUT2D eigenvalue weighted by Gasteiger charge is 2.32. The summed E-state index contributed by atoms with van der Waals surface area (Å²) in [5, 5.41) is 0. The quantitative estimate of drug-likeness (QED) is 0.468. The number of rotatable bonds is 9. The standard InChI is InChI=1S/C29H34N2O4S/c1-22-19-26(13-14-28(22)35-2)36(33,34)30-27(21-24-11-7-4-8-12-24)29(32)31-17-15-25(16-18-31)20-23-9-5-3-6-10-23/h3-14,19,25,27,30H,15-18,20-21H2,1-2H3. The highest BCUT2D eigenvalue weighted by atomic mass is 32.2. The number of sulfonamides is 1. The fraction of sp³-hybridized carbons (Fsp3) is 0.345. The number of methoxy groups -OCH3 is 1. The minimum atomic E-state index is -3.92. The summed E-state index contributed by atoms with van der Waals surface area (Å²) in [4.78, 5) is 15.6. The second-order valence-electron chi connectivity index (χ2n) is 9.45. The molecule has 1 fully saturated rings. The molecule has 0 radical (unpaired) electrons. The minimum absolute atomic E-state index is 0.119. The van der Waals surface area contributed by atoms with E-state index in [1.165, 1.54) is 11.6 Å². The Morgan fingerprint density at radius 3 is 2.17 bits per heavy atom. The Labute approximate surface area is 214 Å². The first-order valence-corrected chi connectivity index (χ1v) is 13.9.